The molecule has 78 valence electrons. The predicted octanol–water partition coefficient (Wildman–Crippen LogP) is 1.41. The number of aliphatic hydroxyl groups is 1. The molecule has 0 aromatic heterocycles. The summed E-state index contributed by atoms with van der Waals surface area (Å²) < 4.78 is 5.09. The molecule has 0 aromatic rings. The second-order valence-electron chi connectivity index (χ2n) is 5.41. The van der Waals surface area contributed by atoms with E-state index in [1.54, 1.807) is 6.92 Å². The Bertz CT molecular complexity index is 312. The number of ether oxygens (including phenoxy) is 1. The Balaban J connectivity index is 2.35. The SMILES string of the molecule is CC1(C)CC2=CC(=O)OC2C(C)(O)C1. The molecule has 0 spiro atoms. The number of hydrogen-bond acceptors (Lipinski definition) is 3. The van der Waals surface area contributed by atoms with Gasteiger partial charge in [0.2, 0.25) is 0 Å². The minimum Gasteiger partial charge on any atom is -0.452 e. The van der Waals surface area contributed by atoms with Crippen LogP contribution in [0.4, 0.5) is 0 Å². The molecule has 3 nitrogen and oxygen atoms in total. The average molecular weight is 196 g/mol. The number of esters is 1. The first-order chi connectivity index (χ1) is 6.30. The van der Waals surface area contributed by atoms with Gasteiger partial charge in [0, 0.05) is 6.08 Å². The lowest BCUT2D eigenvalue weighted by molar-refractivity contribution is -0.155. The third-order valence-corrected chi connectivity index (χ3v) is 2.96. The van der Waals surface area contributed by atoms with Crippen molar-refractivity contribution in [3.05, 3.63) is 11.6 Å². The Hall–Kier alpha value is -0.830. The summed E-state index contributed by atoms with van der Waals surface area (Å²) in [4.78, 5) is 11.1. The molecule has 1 saturated carbocycles. The first-order valence-corrected chi connectivity index (χ1v) is 4.94. The van der Waals surface area contributed by atoms with Gasteiger partial charge in [-0.15, -0.1) is 0 Å². The summed E-state index contributed by atoms with van der Waals surface area (Å²) in [5.41, 5.74) is 0.0655. The molecule has 0 saturated heterocycles. The van der Waals surface area contributed by atoms with Crippen molar-refractivity contribution in [1.29, 1.82) is 0 Å². The fraction of sp³-hybridized carbons (Fsp3) is 0.727. The highest BCUT2D eigenvalue weighted by molar-refractivity contribution is 5.86. The van der Waals surface area contributed by atoms with Crippen molar-refractivity contribution in [2.45, 2.75) is 45.3 Å². The minimum atomic E-state index is -0.917. The molecule has 1 N–H and O–H groups in total. The quantitative estimate of drug-likeness (QED) is 0.596. The van der Waals surface area contributed by atoms with Gasteiger partial charge in [-0.05, 0) is 30.8 Å². The highest BCUT2D eigenvalue weighted by Gasteiger charge is 2.49. The summed E-state index contributed by atoms with van der Waals surface area (Å²) in [5, 5.41) is 10.2. The predicted molar refractivity (Wildman–Crippen MR) is 51.6 cm³/mol. The van der Waals surface area contributed by atoms with Gasteiger partial charge in [0.1, 0.15) is 5.60 Å². The Kier molecular flexibility index (Phi) is 1.80. The van der Waals surface area contributed by atoms with E-state index in [1.807, 2.05) is 0 Å². The van der Waals surface area contributed by atoms with Crippen LogP contribution >= 0.6 is 0 Å². The van der Waals surface area contributed by atoms with Crippen LogP contribution in [0.1, 0.15) is 33.6 Å². The standard InChI is InChI=1S/C11H16O3/c1-10(2)5-7-4-8(12)14-9(7)11(3,13)6-10/h4,9,13H,5-6H2,1-3H3. The Labute approximate surface area is 83.8 Å². The molecule has 0 amide bonds. The number of fused-ring (bicyclic) bond motifs is 1. The van der Waals surface area contributed by atoms with Crippen molar-refractivity contribution in [3.8, 4) is 0 Å². The van der Waals surface area contributed by atoms with Crippen molar-refractivity contribution >= 4 is 5.97 Å². The number of carbonyl (C=O) groups excluding carboxylic acids is 1. The maximum absolute atomic E-state index is 11.1. The molecule has 0 bridgehead atoms. The van der Waals surface area contributed by atoms with Crippen LogP contribution in [0.5, 0.6) is 0 Å². The van der Waals surface area contributed by atoms with E-state index in [1.165, 1.54) is 6.08 Å². The van der Waals surface area contributed by atoms with Gasteiger partial charge in [0.05, 0.1) is 0 Å². The summed E-state index contributed by atoms with van der Waals surface area (Å²) in [6.45, 7) is 5.94. The van der Waals surface area contributed by atoms with Crippen molar-refractivity contribution in [3.63, 3.8) is 0 Å². The van der Waals surface area contributed by atoms with E-state index < -0.39 is 11.7 Å². The molecule has 0 radical (unpaired) electrons. The Morgan fingerprint density at radius 3 is 2.79 bits per heavy atom. The van der Waals surface area contributed by atoms with Crippen LogP contribution < -0.4 is 0 Å². The van der Waals surface area contributed by atoms with Crippen molar-refractivity contribution in [1.82, 2.24) is 0 Å². The topological polar surface area (TPSA) is 46.5 Å². The maximum atomic E-state index is 11.1. The summed E-state index contributed by atoms with van der Waals surface area (Å²) in [7, 11) is 0. The van der Waals surface area contributed by atoms with Crippen LogP contribution in [-0.2, 0) is 9.53 Å². The van der Waals surface area contributed by atoms with E-state index in [0.29, 0.717) is 6.42 Å². The van der Waals surface area contributed by atoms with Crippen LogP contribution in [-0.4, -0.2) is 22.8 Å². The van der Waals surface area contributed by atoms with Gasteiger partial charge in [0.25, 0.3) is 0 Å². The van der Waals surface area contributed by atoms with Gasteiger partial charge in [-0.1, -0.05) is 13.8 Å². The zero-order valence-corrected chi connectivity index (χ0v) is 8.83. The molecule has 2 unspecified atom stereocenters. The van der Waals surface area contributed by atoms with E-state index in [0.717, 1.165) is 12.0 Å². The molecular formula is C11H16O3. The highest BCUT2D eigenvalue weighted by Crippen LogP contribution is 2.46. The molecule has 0 aromatic carbocycles. The van der Waals surface area contributed by atoms with E-state index >= 15 is 0 Å². The molecule has 3 heteroatoms. The summed E-state index contributed by atoms with van der Waals surface area (Å²) in [5.74, 6) is -0.317. The van der Waals surface area contributed by atoms with Crippen LogP contribution in [0.2, 0.25) is 0 Å². The molecule has 2 rings (SSSR count). The monoisotopic (exact) mass is 196 g/mol. The molecule has 1 heterocycles. The lowest BCUT2D eigenvalue weighted by Crippen LogP contribution is -2.48. The molecule has 1 aliphatic heterocycles. The maximum Gasteiger partial charge on any atom is 0.331 e. The van der Waals surface area contributed by atoms with Gasteiger partial charge in [-0.3, -0.25) is 0 Å². The summed E-state index contributed by atoms with van der Waals surface area (Å²) in [6, 6.07) is 0. The van der Waals surface area contributed by atoms with Crippen molar-refractivity contribution in [2.24, 2.45) is 5.41 Å². The van der Waals surface area contributed by atoms with E-state index in [4.69, 9.17) is 4.74 Å². The zero-order chi connectivity index (χ0) is 10.6. The second-order valence-corrected chi connectivity index (χ2v) is 5.41. The fourth-order valence-corrected chi connectivity index (χ4v) is 2.80. The number of hydrogen-bond donors (Lipinski definition) is 1. The van der Waals surface area contributed by atoms with Crippen LogP contribution in [0.3, 0.4) is 0 Å². The Morgan fingerprint density at radius 1 is 1.50 bits per heavy atom. The van der Waals surface area contributed by atoms with Gasteiger partial charge in [-0.2, -0.15) is 0 Å². The Morgan fingerprint density at radius 2 is 2.14 bits per heavy atom. The lowest BCUT2D eigenvalue weighted by Gasteiger charge is -2.43. The van der Waals surface area contributed by atoms with E-state index in [9.17, 15) is 9.90 Å². The molecule has 2 aliphatic rings. The zero-order valence-electron chi connectivity index (χ0n) is 8.83. The normalized spacial score (nSPS) is 40.1. The van der Waals surface area contributed by atoms with Gasteiger partial charge >= 0.3 is 5.97 Å². The van der Waals surface area contributed by atoms with Gasteiger partial charge in [-0.25, -0.2) is 4.79 Å². The van der Waals surface area contributed by atoms with Gasteiger partial charge < -0.3 is 9.84 Å². The fourth-order valence-electron chi connectivity index (χ4n) is 2.80. The molecule has 2 atom stereocenters. The smallest absolute Gasteiger partial charge is 0.331 e. The van der Waals surface area contributed by atoms with Crippen LogP contribution in [0.25, 0.3) is 0 Å². The molecular weight excluding hydrogens is 180 g/mol. The van der Waals surface area contributed by atoms with Crippen LogP contribution in [0, 0.1) is 5.41 Å². The molecule has 1 fully saturated rings. The van der Waals surface area contributed by atoms with Crippen molar-refractivity contribution in [2.75, 3.05) is 0 Å². The second kappa shape index (κ2) is 2.60. The first-order valence-electron chi connectivity index (χ1n) is 4.94. The third-order valence-electron chi connectivity index (χ3n) is 2.96. The summed E-state index contributed by atoms with van der Waals surface area (Å²) in [6.07, 6.45) is 2.61. The average Bonchev–Trinajstić information content (AvgIpc) is 2.25. The third kappa shape index (κ3) is 1.46. The summed E-state index contributed by atoms with van der Waals surface area (Å²) >= 11 is 0. The lowest BCUT2D eigenvalue weighted by atomic mass is 9.67. The van der Waals surface area contributed by atoms with Crippen LogP contribution in [0.15, 0.2) is 11.6 Å². The first kappa shape index (κ1) is 9.71. The minimum absolute atomic E-state index is 0.0415. The van der Waals surface area contributed by atoms with E-state index in [2.05, 4.69) is 13.8 Å². The number of rotatable bonds is 0. The largest absolute Gasteiger partial charge is 0.452 e. The van der Waals surface area contributed by atoms with Gasteiger partial charge in [0.15, 0.2) is 6.10 Å². The van der Waals surface area contributed by atoms with Crippen molar-refractivity contribution < 1.29 is 14.6 Å². The molecule has 1 aliphatic carbocycles. The molecule has 14 heavy (non-hydrogen) atoms. The van der Waals surface area contributed by atoms with E-state index in [-0.39, 0.29) is 11.4 Å². The highest BCUT2D eigenvalue weighted by atomic mass is 16.6. The number of carbonyl (C=O) groups is 1.